The van der Waals surface area contributed by atoms with Crippen molar-refractivity contribution >= 4 is 22.8 Å². The van der Waals surface area contributed by atoms with Crippen molar-refractivity contribution in [1.29, 1.82) is 0 Å². The number of rotatable bonds is 6. The lowest BCUT2D eigenvalue weighted by Crippen LogP contribution is -2.37. The van der Waals surface area contributed by atoms with Gasteiger partial charge in [-0.1, -0.05) is 30.3 Å². The van der Waals surface area contributed by atoms with E-state index in [-0.39, 0.29) is 5.76 Å². The van der Waals surface area contributed by atoms with Crippen molar-refractivity contribution in [2.45, 2.75) is 19.9 Å². The molecule has 0 bridgehead atoms. The van der Waals surface area contributed by atoms with Crippen molar-refractivity contribution in [2.75, 3.05) is 6.61 Å². The molecule has 26 heavy (non-hydrogen) atoms. The number of aryl methyl sites for hydroxylation is 1. The first-order valence-corrected chi connectivity index (χ1v) is 8.32. The van der Waals surface area contributed by atoms with Gasteiger partial charge < -0.3 is 20.2 Å². The quantitative estimate of drug-likeness (QED) is 0.713. The molecule has 0 aliphatic rings. The third-order valence-electron chi connectivity index (χ3n) is 4.12. The molecule has 1 aromatic heterocycles. The first-order valence-electron chi connectivity index (χ1n) is 8.32. The molecule has 2 aromatic carbocycles. The number of nitrogens with one attached hydrogen (secondary N) is 1. The van der Waals surface area contributed by atoms with Gasteiger partial charge in [-0.25, -0.2) is 0 Å². The van der Waals surface area contributed by atoms with Crippen LogP contribution in [-0.2, 0) is 4.79 Å². The molecular weight excluding hydrogens is 332 g/mol. The molecular formula is C20H20N2O4. The van der Waals surface area contributed by atoms with Crippen LogP contribution in [0.25, 0.3) is 11.0 Å². The van der Waals surface area contributed by atoms with E-state index in [1.54, 1.807) is 43.3 Å². The van der Waals surface area contributed by atoms with E-state index in [4.69, 9.17) is 14.9 Å². The highest BCUT2D eigenvalue weighted by Gasteiger charge is 2.24. The van der Waals surface area contributed by atoms with Gasteiger partial charge in [-0.3, -0.25) is 9.59 Å². The number of amides is 2. The smallest absolute Gasteiger partial charge is 0.288 e. The average Bonchev–Trinajstić information content (AvgIpc) is 2.97. The van der Waals surface area contributed by atoms with Crippen molar-refractivity contribution in [1.82, 2.24) is 5.32 Å². The van der Waals surface area contributed by atoms with Crippen LogP contribution in [0.5, 0.6) is 5.75 Å². The van der Waals surface area contributed by atoms with Crippen LogP contribution in [0.2, 0.25) is 0 Å². The van der Waals surface area contributed by atoms with Crippen molar-refractivity contribution in [3.05, 3.63) is 65.4 Å². The molecule has 2 amide bonds. The molecule has 0 aliphatic carbocycles. The number of carbonyl (C=O) groups is 2. The van der Waals surface area contributed by atoms with Gasteiger partial charge in [0.2, 0.25) is 5.91 Å². The highest BCUT2D eigenvalue weighted by atomic mass is 16.5. The van der Waals surface area contributed by atoms with Gasteiger partial charge in [-0.2, -0.15) is 0 Å². The molecule has 3 rings (SSSR count). The maximum atomic E-state index is 12.7. The summed E-state index contributed by atoms with van der Waals surface area (Å²) in [5.74, 6) is -0.285. The van der Waals surface area contributed by atoms with E-state index in [9.17, 15) is 9.59 Å². The zero-order chi connectivity index (χ0) is 18.7. The number of nitrogens with two attached hydrogens (primary N) is 1. The van der Waals surface area contributed by atoms with E-state index in [1.807, 2.05) is 19.1 Å². The van der Waals surface area contributed by atoms with Crippen molar-refractivity contribution in [2.24, 2.45) is 5.73 Å². The highest BCUT2D eigenvalue weighted by molar-refractivity contribution is 6.01. The van der Waals surface area contributed by atoms with Crippen LogP contribution >= 0.6 is 0 Å². The normalized spacial score (nSPS) is 11.9. The second-order valence-corrected chi connectivity index (χ2v) is 5.87. The fourth-order valence-electron chi connectivity index (χ4n) is 2.83. The number of primary amides is 1. The van der Waals surface area contributed by atoms with Crippen molar-refractivity contribution < 1.29 is 18.7 Å². The molecule has 1 heterocycles. The van der Waals surface area contributed by atoms with Crippen LogP contribution in [0.1, 0.15) is 34.6 Å². The van der Waals surface area contributed by atoms with Crippen LogP contribution in [0.3, 0.4) is 0 Å². The molecule has 3 N–H and O–H groups in total. The minimum atomic E-state index is -0.935. The molecule has 3 aromatic rings. The van der Waals surface area contributed by atoms with E-state index >= 15 is 0 Å². The summed E-state index contributed by atoms with van der Waals surface area (Å²) >= 11 is 0. The van der Waals surface area contributed by atoms with Gasteiger partial charge in [0, 0.05) is 10.9 Å². The molecule has 6 heteroatoms. The average molecular weight is 352 g/mol. The third-order valence-corrected chi connectivity index (χ3v) is 4.12. The Balaban J connectivity index is 1.91. The second-order valence-electron chi connectivity index (χ2n) is 5.87. The molecule has 6 nitrogen and oxygen atoms in total. The first-order chi connectivity index (χ1) is 12.5. The second kappa shape index (κ2) is 7.31. The van der Waals surface area contributed by atoms with Gasteiger partial charge in [0.25, 0.3) is 5.91 Å². The largest absolute Gasteiger partial charge is 0.494 e. The monoisotopic (exact) mass is 352 g/mol. The number of fused-ring (bicyclic) bond motifs is 1. The summed E-state index contributed by atoms with van der Waals surface area (Å²) in [6, 6.07) is 13.3. The minimum Gasteiger partial charge on any atom is -0.494 e. The molecule has 0 spiro atoms. The summed E-state index contributed by atoms with van der Waals surface area (Å²) in [7, 11) is 0. The maximum Gasteiger partial charge on any atom is 0.288 e. The molecule has 0 saturated carbocycles. The van der Waals surface area contributed by atoms with Gasteiger partial charge >= 0.3 is 0 Å². The third kappa shape index (κ3) is 3.39. The molecule has 0 fully saturated rings. The van der Waals surface area contributed by atoms with Gasteiger partial charge in [0.05, 0.1) is 6.61 Å². The summed E-state index contributed by atoms with van der Waals surface area (Å²) in [6.07, 6.45) is 0. The Kier molecular flexibility index (Phi) is 4.93. The maximum absolute atomic E-state index is 12.7. The molecule has 0 radical (unpaired) electrons. The molecule has 0 saturated heterocycles. The van der Waals surface area contributed by atoms with E-state index in [2.05, 4.69) is 5.32 Å². The number of hydrogen-bond acceptors (Lipinski definition) is 4. The van der Waals surface area contributed by atoms with Crippen LogP contribution in [-0.4, -0.2) is 18.4 Å². The standard InChI is InChI=1S/C20H20N2O4/c1-3-25-14-9-10-16-15(11-14)12(2)18(26-16)20(24)22-17(19(21)23)13-7-5-4-6-8-13/h4-11,17H,3H2,1-2H3,(H2,21,23)(H,22,24). The number of hydrogen-bond donors (Lipinski definition) is 2. The Labute approximate surface area is 150 Å². The summed E-state index contributed by atoms with van der Waals surface area (Å²) in [4.78, 5) is 24.5. The zero-order valence-electron chi connectivity index (χ0n) is 14.6. The van der Waals surface area contributed by atoms with E-state index in [0.29, 0.717) is 29.1 Å². The predicted octanol–water partition coefficient (Wildman–Crippen LogP) is 3.10. The van der Waals surface area contributed by atoms with Crippen LogP contribution < -0.4 is 15.8 Å². The van der Waals surface area contributed by atoms with E-state index < -0.39 is 17.9 Å². The van der Waals surface area contributed by atoms with Crippen molar-refractivity contribution in [3.63, 3.8) is 0 Å². The lowest BCUT2D eigenvalue weighted by atomic mass is 10.1. The molecule has 0 aliphatic heterocycles. The lowest BCUT2D eigenvalue weighted by Gasteiger charge is -2.15. The van der Waals surface area contributed by atoms with Gasteiger partial charge in [-0.05, 0) is 37.6 Å². The SMILES string of the molecule is CCOc1ccc2oc(C(=O)NC(C(N)=O)c3ccccc3)c(C)c2c1. The Hall–Kier alpha value is -3.28. The Morgan fingerprint density at radius 3 is 2.58 bits per heavy atom. The Bertz CT molecular complexity index is 947. The number of carbonyl (C=O) groups excluding carboxylic acids is 2. The van der Waals surface area contributed by atoms with Crippen molar-refractivity contribution in [3.8, 4) is 5.75 Å². The topological polar surface area (TPSA) is 94.6 Å². The van der Waals surface area contributed by atoms with Crippen LogP contribution in [0.15, 0.2) is 52.9 Å². The van der Waals surface area contributed by atoms with Crippen LogP contribution in [0.4, 0.5) is 0 Å². The highest BCUT2D eigenvalue weighted by Crippen LogP contribution is 2.29. The molecule has 134 valence electrons. The predicted molar refractivity (Wildman–Crippen MR) is 98.0 cm³/mol. The number of benzene rings is 2. The van der Waals surface area contributed by atoms with Crippen LogP contribution in [0, 0.1) is 6.92 Å². The summed E-state index contributed by atoms with van der Waals surface area (Å²) in [5.41, 5.74) is 7.32. The lowest BCUT2D eigenvalue weighted by molar-refractivity contribution is -0.120. The van der Waals surface area contributed by atoms with E-state index in [0.717, 1.165) is 5.39 Å². The molecule has 1 unspecified atom stereocenters. The summed E-state index contributed by atoms with van der Waals surface area (Å²) < 4.78 is 11.2. The molecule has 1 atom stereocenters. The summed E-state index contributed by atoms with van der Waals surface area (Å²) in [6.45, 7) is 4.24. The van der Waals surface area contributed by atoms with Gasteiger partial charge in [0.1, 0.15) is 17.4 Å². The van der Waals surface area contributed by atoms with E-state index in [1.165, 1.54) is 0 Å². The summed E-state index contributed by atoms with van der Waals surface area (Å²) in [5, 5.41) is 3.44. The Morgan fingerprint density at radius 2 is 1.92 bits per heavy atom. The van der Waals surface area contributed by atoms with Gasteiger partial charge in [-0.15, -0.1) is 0 Å². The Morgan fingerprint density at radius 1 is 1.19 bits per heavy atom. The minimum absolute atomic E-state index is 0.149. The fourth-order valence-corrected chi connectivity index (χ4v) is 2.83. The number of ether oxygens (including phenoxy) is 1. The zero-order valence-corrected chi connectivity index (χ0v) is 14.6. The van der Waals surface area contributed by atoms with Gasteiger partial charge in [0.15, 0.2) is 5.76 Å². The first kappa shape index (κ1) is 17.5. The number of furan rings is 1. The fraction of sp³-hybridized carbons (Fsp3) is 0.200.